The average Bonchev–Trinajstić information content (AvgIpc) is 3.98. The first-order valence-corrected chi connectivity index (χ1v) is 21.9. The van der Waals surface area contributed by atoms with Crippen LogP contribution in [-0.4, -0.2) is 91.5 Å². The van der Waals surface area contributed by atoms with E-state index in [-0.39, 0.29) is 5.56 Å². The smallest absolute Gasteiger partial charge is 0.249 e. The number of halogens is 1. The van der Waals surface area contributed by atoms with Crippen LogP contribution in [0, 0.1) is 0 Å². The first kappa shape index (κ1) is 39.4. The molecule has 14 heteroatoms. The normalized spacial score (nSPS) is 14.3. The monoisotopic (exact) mass is 862 g/mol. The molecule has 0 aliphatic carbocycles. The van der Waals surface area contributed by atoms with Crippen molar-refractivity contribution in [3.8, 4) is 44.5 Å². The largest absolute Gasteiger partial charge is 0.369 e. The minimum absolute atomic E-state index is 0.140. The van der Waals surface area contributed by atoms with Crippen LogP contribution in [0.5, 0.6) is 0 Å². The third-order valence-electron chi connectivity index (χ3n) is 12.1. The van der Waals surface area contributed by atoms with Crippen LogP contribution >= 0.6 is 11.6 Å². The summed E-state index contributed by atoms with van der Waals surface area (Å²) in [4.78, 5) is 33.8. The van der Waals surface area contributed by atoms with Crippen molar-refractivity contribution in [1.82, 2.24) is 49.8 Å². The molecule has 0 bridgehead atoms. The number of piperazine rings is 2. The fourth-order valence-corrected chi connectivity index (χ4v) is 9.00. The molecule has 6 aromatic heterocycles. The second-order valence-corrected chi connectivity index (χ2v) is 16.4. The number of pyridine rings is 2. The highest BCUT2D eigenvalue weighted by molar-refractivity contribution is 6.30. The second-order valence-electron chi connectivity index (χ2n) is 16.0. The summed E-state index contributed by atoms with van der Waals surface area (Å²) in [5.74, 6) is 0. The minimum Gasteiger partial charge on any atom is -0.369 e. The van der Waals surface area contributed by atoms with Crippen molar-refractivity contribution in [1.29, 1.82) is 0 Å². The Labute approximate surface area is 373 Å². The summed E-state index contributed by atoms with van der Waals surface area (Å²) in [6.45, 7) is 8.23. The number of nitrogens with one attached hydrogen (secondary N) is 3. The topological polar surface area (TPSA) is 137 Å². The molecule has 8 heterocycles. The van der Waals surface area contributed by atoms with E-state index >= 15 is 0 Å². The van der Waals surface area contributed by atoms with E-state index in [4.69, 9.17) is 21.6 Å². The summed E-state index contributed by atoms with van der Waals surface area (Å²) in [7, 11) is 0. The molecule has 64 heavy (non-hydrogen) atoms. The molecule has 12 rings (SSSR count). The lowest BCUT2D eigenvalue weighted by Crippen LogP contribution is -2.43. The standard InChI is InChI=1S/C25H21ClN6.C25H22N6O/c26-24-13-21(20-3-1-2-4-23(20)30-24)22-15-29-32-16-18(14-28-25(22)32)17-5-7-19(8-6-17)31-11-9-27-10-12-31;32-24-13-21(20-3-1-2-4-23(20)29-24)22-15-28-31-16-18(14-27-25(22)31)17-5-7-19(8-6-17)30-11-9-26-10-12-30/h1-8,13-16,27H,9-12H2;1-8,13-16,26H,9-12H2,(H,29,32). The lowest BCUT2D eigenvalue weighted by atomic mass is 10.0. The summed E-state index contributed by atoms with van der Waals surface area (Å²) < 4.78 is 3.61. The van der Waals surface area contributed by atoms with Crippen LogP contribution in [0.25, 0.3) is 77.6 Å². The Bertz CT molecular complexity index is 3350. The maximum atomic E-state index is 12.2. The molecule has 0 unspecified atom stereocenters. The molecule has 10 aromatic rings. The third kappa shape index (κ3) is 7.70. The molecule has 0 saturated carbocycles. The maximum Gasteiger partial charge on any atom is 0.249 e. The molecule has 2 fully saturated rings. The quantitative estimate of drug-likeness (QED) is 0.141. The molecular weight excluding hydrogens is 820 g/mol. The average molecular weight is 863 g/mol. The highest BCUT2D eigenvalue weighted by Crippen LogP contribution is 2.34. The van der Waals surface area contributed by atoms with Crippen molar-refractivity contribution in [3.63, 3.8) is 0 Å². The van der Waals surface area contributed by atoms with E-state index in [1.807, 2.05) is 90.1 Å². The van der Waals surface area contributed by atoms with Gasteiger partial charge in [0.15, 0.2) is 11.3 Å². The molecule has 3 N–H and O–H groups in total. The van der Waals surface area contributed by atoms with Gasteiger partial charge in [0, 0.05) is 139 Å². The van der Waals surface area contributed by atoms with E-state index in [0.717, 1.165) is 130 Å². The Kier molecular flexibility index (Phi) is 10.5. The van der Waals surface area contributed by atoms with Crippen LogP contribution in [0.15, 0.2) is 151 Å². The van der Waals surface area contributed by atoms with Crippen molar-refractivity contribution in [2.45, 2.75) is 0 Å². The fraction of sp³-hybridized carbons (Fsp3) is 0.160. The highest BCUT2D eigenvalue weighted by atomic mass is 35.5. The van der Waals surface area contributed by atoms with E-state index in [1.54, 1.807) is 16.8 Å². The molecule has 2 aliphatic rings. The molecule has 0 radical (unpaired) electrons. The van der Waals surface area contributed by atoms with Gasteiger partial charge < -0.3 is 25.4 Å². The number of H-pyrrole nitrogens is 1. The zero-order valence-electron chi connectivity index (χ0n) is 34.8. The number of nitrogens with zero attached hydrogens (tertiary/aromatic N) is 9. The van der Waals surface area contributed by atoms with Gasteiger partial charge in [-0.2, -0.15) is 10.2 Å². The van der Waals surface area contributed by atoms with Crippen LogP contribution in [0.3, 0.4) is 0 Å². The third-order valence-corrected chi connectivity index (χ3v) is 12.3. The van der Waals surface area contributed by atoms with E-state index in [2.05, 4.69) is 89.1 Å². The van der Waals surface area contributed by atoms with Gasteiger partial charge in [0.25, 0.3) is 0 Å². The van der Waals surface area contributed by atoms with Gasteiger partial charge in [-0.3, -0.25) is 4.79 Å². The summed E-state index contributed by atoms with van der Waals surface area (Å²) in [5.41, 5.74) is 13.4. The van der Waals surface area contributed by atoms with Gasteiger partial charge in [0.1, 0.15) is 5.15 Å². The predicted octanol–water partition coefficient (Wildman–Crippen LogP) is 7.99. The number of benzene rings is 4. The first-order chi connectivity index (χ1) is 31.5. The van der Waals surface area contributed by atoms with Crippen LogP contribution in [0.1, 0.15) is 0 Å². The van der Waals surface area contributed by atoms with Crippen molar-refractivity contribution in [2.75, 3.05) is 62.2 Å². The number of rotatable bonds is 6. The maximum absolute atomic E-state index is 12.2. The Morgan fingerprint density at radius 1 is 0.516 bits per heavy atom. The van der Waals surface area contributed by atoms with Gasteiger partial charge in [-0.05, 0) is 59.2 Å². The van der Waals surface area contributed by atoms with Crippen molar-refractivity contribution >= 4 is 56.1 Å². The van der Waals surface area contributed by atoms with Gasteiger partial charge in [0.2, 0.25) is 5.56 Å². The molecule has 4 aromatic carbocycles. The number of hydrogen-bond donors (Lipinski definition) is 3. The number of aromatic amines is 1. The van der Waals surface area contributed by atoms with Crippen LogP contribution in [-0.2, 0) is 0 Å². The van der Waals surface area contributed by atoms with Gasteiger partial charge in [-0.1, -0.05) is 72.3 Å². The van der Waals surface area contributed by atoms with Crippen molar-refractivity contribution in [3.05, 3.63) is 162 Å². The van der Waals surface area contributed by atoms with Gasteiger partial charge in [-0.25, -0.2) is 24.0 Å². The van der Waals surface area contributed by atoms with E-state index < -0.39 is 0 Å². The summed E-state index contributed by atoms with van der Waals surface area (Å²) in [5, 5.41) is 18.4. The summed E-state index contributed by atoms with van der Waals surface area (Å²) in [6.07, 6.45) is 11.4. The number of fused-ring (bicyclic) bond motifs is 4. The number of para-hydroxylation sites is 2. The molecule has 0 amide bonds. The predicted molar refractivity (Wildman–Crippen MR) is 256 cm³/mol. The van der Waals surface area contributed by atoms with Crippen LogP contribution in [0.4, 0.5) is 11.4 Å². The van der Waals surface area contributed by atoms with E-state index in [0.29, 0.717) is 5.15 Å². The number of hydrogen-bond acceptors (Lipinski definition) is 10. The van der Waals surface area contributed by atoms with E-state index in [1.165, 1.54) is 11.4 Å². The molecular formula is C50H43ClN12O. The Morgan fingerprint density at radius 2 is 1.02 bits per heavy atom. The SMILES string of the molecule is Clc1cc(-c2cnn3cc(-c4ccc(N5CCNCC5)cc4)cnc23)c2ccccc2n1.O=c1cc(-c2cnn3cc(-c4ccc(N5CCNCC5)cc4)cnc23)c2ccccc2[nH]1. The molecule has 0 atom stereocenters. The van der Waals surface area contributed by atoms with Crippen LogP contribution in [0.2, 0.25) is 5.15 Å². The summed E-state index contributed by atoms with van der Waals surface area (Å²) >= 11 is 6.30. The van der Waals surface area contributed by atoms with Gasteiger partial charge in [0.05, 0.1) is 17.9 Å². The molecule has 2 aliphatic heterocycles. The van der Waals surface area contributed by atoms with E-state index in [9.17, 15) is 4.79 Å². The zero-order chi connectivity index (χ0) is 43.0. The Morgan fingerprint density at radius 3 is 1.58 bits per heavy atom. The molecule has 0 spiro atoms. The summed E-state index contributed by atoms with van der Waals surface area (Å²) in [6, 6.07) is 36.5. The zero-order valence-corrected chi connectivity index (χ0v) is 35.6. The first-order valence-electron chi connectivity index (χ1n) is 21.5. The van der Waals surface area contributed by atoms with Gasteiger partial charge in [-0.15, -0.1) is 0 Å². The lowest BCUT2D eigenvalue weighted by molar-refractivity contribution is 0.589. The molecule has 316 valence electrons. The number of aromatic nitrogens is 8. The van der Waals surface area contributed by atoms with Crippen molar-refractivity contribution in [2.24, 2.45) is 0 Å². The minimum atomic E-state index is -0.140. The molecule has 13 nitrogen and oxygen atoms in total. The fourth-order valence-electron chi connectivity index (χ4n) is 8.80. The Hall–Kier alpha value is -7.45. The highest BCUT2D eigenvalue weighted by Gasteiger charge is 2.17. The van der Waals surface area contributed by atoms with Crippen molar-refractivity contribution < 1.29 is 0 Å². The second kappa shape index (κ2) is 17.0. The van der Waals surface area contributed by atoms with Gasteiger partial charge >= 0.3 is 0 Å². The molecule has 2 saturated heterocycles. The Balaban J connectivity index is 0.000000143. The number of anilines is 2. The lowest BCUT2D eigenvalue weighted by Gasteiger charge is -2.29. The van der Waals surface area contributed by atoms with Crippen LogP contribution < -0.4 is 26.0 Å².